The second-order valence-electron chi connectivity index (χ2n) is 6.85. The lowest BCUT2D eigenvalue weighted by molar-refractivity contribution is -0.144. The average molecular weight is 438 g/mol. The molecule has 30 heavy (non-hydrogen) atoms. The van der Waals surface area contributed by atoms with Crippen LogP contribution in [0.3, 0.4) is 0 Å². The molecule has 0 aliphatic rings. The van der Waals surface area contributed by atoms with E-state index in [1.165, 1.54) is 31.9 Å². The van der Waals surface area contributed by atoms with Crippen molar-refractivity contribution in [2.45, 2.75) is 25.8 Å². The quantitative estimate of drug-likeness (QED) is 0.528. The molecule has 2 N–H and O–H groups in total. The number of hydrogen-bond donors (Lipinski definition) is 2. The summed E-state index contributed by atoms with van der Waals surface area (Å²) < 4.78 is 9.34. The first-order valence-electron chi connectivity index (χ1n) is 9.36. The molecule has 2 heterocycles. The summed E-state index contributed by atoms with van der Waals surface area (Å²) in [6.45, 7) is 3.33. The SMILES string of the molecule is COC(=O)CC[C@@H](NC(=O)c1sc2ncnc(NCCN(C)C)c2c1C)C(=O)OC. The van der Waals surface area contributed by atoms with E-state index < -0.39 is 23.9 Å². The number of rotatable bonds is 10. The molecular formula is C19H27N5O5S. The second kappa shape index (κ2) is 10.8. The predicted molar refractivity (Wildman–Crippen MR) is 114 cm³/mol. The van der Waals surface area contributed by atoms with Crippen molar-refractivity contribution in [1.29, 1.82) is 0 Å². The first-order chi connectivity index (χ1) is 14.3. The summed E-state index contributed by atoms with van der Waals surface area (Å²) >= 11 is 1.22. The zero-order valence-corrected chi connectivity index (χ0v) is 18.6. The van der Waals surface area contributed by atoms with Crippen molar-refractivity contribution in [3.05, 3.63) is 16.8 Å². The minimum atomic E-state index is -0.963. The summed E-state index contributed by atoms with van der Waals surface area (Å²) in [6, 6.07) is -0.963. The number of fused-ring (bicyclic) bond motifs is 1. The van der Waals surface area contributed by atoms with Gasteiger partial charge in [-0.1, -0.05) is 0 Å². The Morgan fingerprint density at radius 2 is 1.93 bits per heavy atom. The molecule has 0 aromatic carbocycles. The van der Waals surface area contributed by atoms with E-state index in [4.69, 9.17) is 4.74 Å². The second-order valence-corrected chi connectivity index (χ2v) is 7.85. The van der Waals surface area contributed by atoms with Crippen LogP contribution in [-0.4, -0.2) is 80.2 Å². The molecule has 2 aromatic heterocycles. The summed E-state index contributed by atoms with van der Waals surface area (Å²) in [5.41, 5.74) is 0.719. The summed E-state index contributed by atoms with van der Waals surface area (Å²) in [7, 11) is 6.45. The standard InChI is InChI=1S/C19H27N5O5S/c1-11-14-16(20-8-9-24(2)3)21-10-22-18(14)30-15(11)17(26)23-12(19(27)29-5)6-7-13(25)28-4/h10,12H,6-9H2,1-5H3,(H,23,26)(H,20,21,22)/t12-/m1/s1. The van der Waals surface area contributed by atoms with Gasteiger partial charge in [0, 0.05) is 19.5 Å². The Hall–Kier alpha value is -2.79. The third-order valence-corrected chi connectivity index (χ3v) is 5.64. The Morgan fingerprint density at radius 3 is 2.57 bits per heavy atom. The van der Waals surface area contributed by atoms with Crippen LogP contribution in [0.4, 0.5) is 5.82 Å². The number of carbonyl (C=O) groups excluding carboxylic acids is 3. The molecule has 0 saturated carbocycles. The van der Waals surface area contributed by atoms with E-state index in [0.29, 0.717) is 22.1 Å². The highest BCUT2D eigenvalue weighted by atomic mass is 32.1. The highest BCUT2D eigenvalue weighted by Crippen LogP contribution is 2.33. The Bertz CT molecular complexity index is 914. The summed E-state index contributed by atoms with van der Waals surface area (Å²) in [5, 5.41) is 6.71. The first-order valence-corrected chi connectivity index (χ1v) is 10.2. The molecule has 164 valence electrons. The predicted octanol–water partition coefficient (Wildman–Crippen LogP) is 1.20. The van der Waals surface area contributed by atoms with Crippen molar-refractivity contribution in [1.82, 2.24) is 20.2 Å². The fourth-order valence-corrected chi connectivity index (χ4v) is 3.85. The Morgan fingerprint density at radius 1 is 1.20 bits per heavy atom. The van der Waals surface area contributed by atoms with Crippen molar-refractivity contribution in [2.75, 3.05) is 46.7 Å². The van der Waals surface area contributed by atoms with Gasteiger partial charge in [0.25, 0.3) is 5.91 Å². The maximum atomic E-state index is 12.9. The lowest BCUT2D eigenvalue weighted by Crippen LogP contribution is -2.41. The van der Waals surface area contributed by atoms with Crippen molar-refractivity contribution in [2.24, 2.45) is 0 Å². The minimum Gasteiger partial charge on any atom is -0.469 e. The lowest BCUT2D eigenvalue weighted by Gasteiger charge is -2.15. The number of methoxy groups -OCH3 is 2. The van der Waals surface area contributed by atoms with Crippen molar-refractivity contribution >= 4 is 45.2 Å². The number of hydrogen-bond acceptors (Lipinski definition) is 10. The van der Waals surface area contributed by atoms with Crippen LogP contribution in [0.15, 0.2) is 6.33 Å². The number of esters is 2. The molecule has 0 saturated heterocycles. The topological polar surface area (TPSA) is 123 Å². The molecule has 0 bridgehead atoms. The summed E-state index contributed by atoms with van der Waals surface area (Å²) in [6.07, 6.45) is 1.51. The third-order valence-electron chi connectivity index (χ3n) is 4.44. The minimum absolute atomic E-state index is 0.0205. The van der Waals surface area contributed by atoms with Gasteiger partial charge in [0.1, 0.15) is 23.0 Å². The number of likely N-dealkylation sites (N-methyl/N-ethyl adjacent to an activating group) is 1. The third kappa shape index (κ3) is 5.86. The molecule has 0 radical (unpaired) electrons. The highest BCUT2D eigenvalue weighted by Gasteiger charge is 2.26. The van der Waals surface area contributed by atoms with Gasteiger partial charge in [0.05, 0.1) is 24.5 Å². The fourth-order valence-electron chi connectivity index (χ4n) is 2.80. The molecule has 0 aliphatic carbocycles. The van der Waals surface area contributed by atoms with Crippen LogP contribution in [-0.2, 0) is 19.1 Å². The number of nitrogens with one attached hydrogen (secondary N) is 2. The molecular weight excluding hydrogens is 410 g/mol. The summed E-state index contributed by atoms with van der Waals surface area (Å²) in [4.78, 5) is 48.1. The van der Waals surface area contributed by atoms with Gasteiger partial charge in [-0.25, -0.2) is 14.8 Å². The average Bonchev–Trinajstić information content (AvgIpc) is 3.07. The van der Waals surface area contributed by atoms with Crippen LogP contribution >= 0.6 is 11.3 Å². The maximum absolute atomic E-state index is 12.9. The smallest absolute Gasteiger partial charge is 0.328 e. The van der Waals surface area contributed by atoms with Crippen molar-refractivity contribution in [3.8, 4) is 0 Å². The van der Waals surface area contributed by atoms with Gasteiger partial charge in [-0.05, 0) is 33.0 Å². The number of amides is 1. The number of thiophene rings is 1. The number of nitrogens with zero attached hydrogens (tertiary/aromatic N) is 3. The molecule has 2 aromatic rings. The molecule has 2 rings (SSSR count). The Kier molecular flexibility index (Phi) is 8.48. The van der Waals surface area contributed by atoms with E-state index in [1.807, 2.05) is 25.9 Å². The van der Waals surface area contributed by atoms with Gasteiger partial charge in [0.15, 0.2) is 0 Å². The Labute approximate surface area is 179 Å². The molecule has 10 nitrogen and oxygen atoms in total. The molecule has 1 atom stereocenters. The van der Waals surface area contributed by atoms with E-state index in [0.717, 1.165) is 17.5 Å². The maximum Gasteiger partial charge on any atom is 0.328 e. The van der Waals surface area contributed by atoms with E-state index >= 15 is 0 Å². The number of aryl methyl sites for hydroxylation is 1. The first kappa shape index (κ1) is 23.5. The number of anilines is 1. The van der Waals surface area contributed by atoms with Gasteiger partial charge >= 0.3 is 11.9 Å². The van der Waals surface area contributed by atoms with Gasteiger partial charge in [0.2, 0.25) is 0 Å². The van der Waals surface area contributed by atoms with Crippen LogP contribution in [0.5, 0.6) is 0 Å². The van der Waals surface area contributed by atoms with E-state index in [1.54, 1.807) is 0 Å². The Balaban J connectivity index is 2.23. The molecule has 0 spiro atoms. The van der Waals surface area contributed by atoms with Crippen LogP contribution in [0.2, 0.25) is 0 Å². The fraction of sp³-hybridized carbons (Fsp3) is 0.526. The number of carbonyl (C=O) groups is 3. The normalized spacial score (nSPS) is 11.9. The van der Waals surface area contributed by atoms with Gasteiger partial charge in [-0.15, -0.1) is 11.3 Å². The largest absolute Gasteiger partial charge is 0.469 e. The van der Waals surface area contributed by atoms with Gasteiger partial charge < -0.3 is 25.0 Å². The number of aromatic nitrogens is 2. The van der Waals surface area contributed by atoms with Crippen LogP contribution in [0, 0.1) is 6.92 Å². The molecule has 0 aliphatic heterocycles. The molecule has 11 heteroatoms. The van der Waals surface area contributed by atoms with Crippen molar-refractivity contribution in [3.63, 3.8) is 0 Å². The van der Waals surface area contributed by atoms with Crippen LogP contribution in [0.1, 0.15) is 28.1 Å². The van der Waals surface area contributed by atoms with Crippen LogP contribution < -0.4 is 10.6 Å². The van der Waals surface area contributed by atoms with Gasteiger partial charge in [-0.2, -0.15) is 0 Å². The molecule has 0 unspecified atom stereocenters. The zero-order chi connectivity index (χ0) is 22.3. The monoisotopic (exact) mass is 437 g/mol. The van der Waals surface area contributed by atoms with E-state index in [-0.39, 0.29) is 12.8 Å². The zero-order valence-electron chi connectivity index (χ0n) is 17.8. The highest BCUT2D eigenvalue weighted by molar-refractivity contribution is 7.20. The van der Waals surface area contributed by atoms with Crippen molar-refractivity contribution < 1.29 is 23.9 Å². The number of ether oxygens (including phenoxy) is 2. The summed E-state index contributed by atoms with van der Waals surface area (Å²) in [5.74, 6) is -0.878. The van der Waals surface area contributed by atoms with Gasteiger partial charge in [-0.3, -0.25) is 9.59 Å². The molecule has 1 amide bonds. The molecule has 0 fully saturated rings. The van der Waals surface area contributed by atoms with E-state index in [9.17, 15) is 14.4 Å². The lowest BCUT2D eigenvalue weighted by atomic mass is 10.1. The van der Waals surface area contributed by atoms with Crippen LogP contribution in [0.25, 0.3) is 10.2 Å². The van der Waals surface area contributed by atoms with E-state index in [2.05, 4.69) is 25.3 Å².